The highest BCUT2D eigenvalue weighted by atomic mass is 16.2. The Hall–Kier alpha value is -1.10. The molecule has 2 amide bonds. The van der Waals surface area contributed by atoms with Gasteiger partial charge in [-0.1, -0.05) is 6.92 Å². The molecule has 3 unspecified atom stereocenters. The molecule has 3 atom stereocenters. The molecule has 0 aromatic carbocycles. The highest BCUT2D eigenvalue weighted by molar-refractivity contribution is 5.84. The van der Waals surface area contributed by atoms with Crippen LogP contribution in [0.5, 0.6) is 0 Å². The fourth-order valence-corrected chi connectivity index (χ4v) is 1.98. The van der Waals surface area contributed by atoms with Gasteiger partial charge in [-0.25, -0.2) is 0 Å². The second kappa shape index (κ2) is 5.11. The van der Waals surface area contributed by atoms with Crippen LogP contribution in [-0.4, -0.2) is 24.4 Å². The minimum absolute atomic E-state index is 0.0147. The number of carbonyl (C=O) groups is 2. The molecular formula is C10H19N3O2. The van der Waals surface area contributed by atoms with Gasteiger partial charge in [-0.15, -0.1) is 0 Å². The van der Waals surface area contributed by atoms with Gasteiger partial charge < -0.3 is 16.8 Å². The van der Waals surface area contributed by atoms with Gasteiger partial charge in [0.1, 0.15) is 0 Å². The largest absolute Gasteiger partial charge is 0.368 e. The van der Waals surface area contributed by atoms with Crippen molar-refractivity contribution < 1.29 is 9.59 Å². The maximum Gasteiger partial charge on any atom is 0.236 e. The first-order valence-electron chi connectivity index (χ1n) is 5.32. The van der Waals surface area contributed by atoms with Gasteiger partial charge in [0.25, 0.3) is 0 Å². The fourth-order valence-electron chi connectivity index (χ4n) is 1.98. The predicted molar refractivity (Wildman–Crippen MR) is 56.7 cm³/mol. The monoisotopic (exact) mass is 213 g/mol. The third kappa shape index (κ3) is 3.51. The second-order valence-electron chi connectivity index (χ2n) is 4.34. The maximum absolute atomic E-state index is 11.6. The van der Waals surface area contributed by atoms with Crippen molar-refractivity contribution in [3.8, 4) is 0 Å². The number of nitrogens with two attached hydrogens (primary N) is 2. The number of rotatable bonds is 3. The summed E-state index contributed by atoms with van der Waals surface area (Å²) < 4.78 is 0. The van der Waals surface area contributed by atoms with Gasteiger partial charge in [-0.2, -0.15) is 0 Å². The zero-order chi connectivity index (χ0) is 11.4. The molecule has 1 fully saturated rings. The van der Waals surface area contributed by atoms with Crippen molar-refractivity contribution in [1.29, 1.82) is 0 Å². The van der Waals surface area contributed by atoms with E-state index in [1.165, 1.54) is 0 Å². The van der Waals surface area contributed by atoms with Crippen molar-refractivity contribution in [2.75, 3.05) is 6.54 Å². The van der Waals surface area contributed by atoms with E-state index >= 15 is 0 Å². The fraction of sp³-hybridized carbons (Fsp3) is 0.800. The van der Waals surface area contributed by atoms with E-state index in [0.29, 0.717) is 5.92 Å². The average Bonchev–Trinajstić information content (AvgIpc) is 2.18. The van der Waals surface area contributed by atoms with Crippen molar-refractivity contribution in [2.45, 2.75) is 32.2 Å². The van der Waals surface area contributed by atoms with E-state index in [2.05, 4.69) is 12.2 Å². The molecule has 5 nitrogen and oxygen atoms in total. The quantitative estimate of drug-likeness (QED) is 0.581. The molecule has 1 rings (SSSR count). The van der Waals surface area contributed by atoms with Crippen LogP contribution in [0.4, 0.5) is 0 Å². The Balaban J connectivity index is 2.37. The molecule has 0 saturated heterocycles. The summed E-state index contributed by atoms with van der Waals surface area (Å²) in [6, 6.07) is 0.199. The van der Waals surface area contributed by atoms with Crippen LogP contribution in [0, 0.1) is 11.8 Å². The van der Waals surface area contributed by atoms with E-state index in [0.717, 1.165) is 19.3 Å². The first-order valence-corrected chi connectivity index (χ1v) is 5.32. The Morgan fingerprint density at radius 2 is 2.07 bits per heavy atom. The highest BCUT2D eigenvalue weighted by Crippen LogP contribution is 2.27. The van der Waals surface area contributed by atoms with Gasteiger partial charge in [-0.05, 0) is 25.2 Å². The Morgan fingerprint density at radius 3 is 2.60 bits per heavy atom. The van der Waals surface area contributed by atoms with Gasteiger partial charge in [0, 0.05) is 12.0 Å². The van der Waals surface area contributed by atoms with Crippen molar-refractivity contribution >= 4 is 11.8 Å². The van der Waals surface area contributed by atoms with Crippen LogP contribution >= 0.6 is 0 Å². The molecule has 5 N–H and O–H groups in total. The molecule has 5 heteroatoms. The zero-order valence-corrected chi connectivity index (χ0v) is 9.03. The molecule has 1 saturated carbocycles. The number of hydrogen-bond acceptors (Lipinski definition) is 3. The molecular weight excluding hydrogens is 194 g/mol. The Morgan fingerprint density at radius 1 is 1.40 bits per heavy atom. The molecule has 0 aromatic heterocycles. The number of primary amides is 1. The van der Waals surface area contributed by atoms with Crippen LogP contribution in [0.15, 0.2) is 0 Å². The van der Waals surface area contributed by atoms with Gasteiger partial charge in [-0.3, -0.25) is 9.59 Å². The molecule has 1 aliphatic rings. The van der Waals surface area contributed by atoms with E-state index in [-0.39, 0.29) is 24.4 Å². The van der Waals surface area contributed by atoms with E-state index in [1.54, 1.807) is 0 Å². The van der Waals surface area contributed by atoms with Crippen LogP contribution in [0.25, 0.3) is 0 Å². The average molecular weight is 213 g/mol. The Kier molecular flexibility index (Phi) is 4.08. The number of carbonyl (C=O) groups excluding carboxylic acids is 2. The lowest BCUT2D eigenvalue weighted by atomic mass is 9.79. The standard InChI is InChI=1S/C10H19N3O2/c1-6-4-7(2-3-8(6)11)10(15)13-5-9(12)14/h6-8H,2-5,11H2,1H3,(H2,12,14)(H,13,15). The summed E-state index contributed by atoms with van der Waals surface area (Å²) in [5, 5.41) is 2.53. The number of amides is 2. The molecule has 0 heterocycles. The summed E-state index contributed by atoms with van der Waals surface area (Å²) in [5.74, 6) is -0.237. The summed E-state index contributed by atoms with van der Waals surface area (Å²) in [4.78, 5) is 22.1. The molecule has 0 bridgehead atoms. The van der Waals surface area contributed by atoms with Crippen molar-refractivity contribution in [2.24, 2.45) is 23.3 Å². The van der Waals surface area contributed by atoms with Crippen LogP contribution in [0.2, 0.25) is 0 Å². The highest BCUT2D eigenvalue weighted by Gasteiger charge is 2.29. The summed E-state index contributed by atoms with van der Waals surface area (Å²) >= 11 is 0. The van der Waals surface area contributed by atoms with Gasteiger partial charge in [0.05, 0.1) is 6.54 Å². The zero-order valence-electron chi connectivity index (χ0n) is 9.03. The summed E-state index contributed by atoms with van der Waals surface area (Å²) in [6.45, 7) is 1.98. The van der Waals surface area contributed by atoms with E-state index in [1.807, 2.05) is 0 Å². The lowest BCUT2D eigenvalue weighted by Crippen LogP contribution is -2.42. The third-order valence-electron chi connectivity index (χ3n) is 3.04. The lowest BCUT2D eigenvalue weighted by Gasteiger charge is -2.30. The molecule has 15 heavy (non-hydrogen) atoms. The van der Waals surface area contributed by atoms with Gasteiger partial charge >= 0.3 is 0 Å². The van der Waals surface area contributed by atoms with E-state index < -0.39 is 5.91 Å². The lowest BCUT2D eigenvalue weighted by molar-refractivity contribution is -0.128. The number of hydrogen-bond donors (Lipinski definition) is 3. The smallest absolute Gasteiger partial charge is 0.236 e. The first-order chi connectivity index (χ1) is 7.00. The van der Waals surface area contributed by atoms with Crippen molar-refractivity contribution in [3.05, 3.63) is 0 Å². The first kappa shape index (κ1) is 12.0. The SMILES string of the molecule is CC1CC(C(=O)NCC(N)=O)CCC1N. The van der Waals surface area contributed by atoms with Crippen LogP contribution in [0.1, 0.15) is 26.2 Å². The Bertz CT molecular complexity index is 255. The van der Waals surface area contributed by atoms with Crippen LogP contribution in [-0.2, 0) is 9.59 Å². The number of nitrogens with one attached hydrogen (secondary N) is 1. The normalized spacial score (nSPS) is 30.9. The minimum Gasteiger partial charge on any atom is -0.368 e. The molecule has 0 aromatic rings. The van der Waals surface area contributed by atoms with Crippen molar-refractivity contribution in [3.63, 3.8) is 0 Å². The maximum atomic E-state index is 11.6. The molecule has 0 radical (unpaired) electrons. The second-order valence-corrected chi connectivity index (χ2v) is 4.34. The summed E-state index contributed by atoms with van der Waals surface area (Å²) in [5.41, 5.74) is 10.8. The molecule has 0 aliphatic heterocycles. The molecule has 0 spiro atoms. The molecule has 86 valence electrons. The summed E-state index contributed by atoms with van der Waals surface area (Å²) in [7, 11) is 0. The van der Waals surface area contributed by atoms with E-state index in [9.17, 15) is 9.59 Å². The van der Waals surface area contributed by atoms with Crippen molar-refractivity contribution in [1.82, 2.24) is 5.32 Å². The third-order valence-corrected chi connectivity index (χ3v) is 3.04. The minimum atomic E-state index is -0.510. The van der Waals surface area contributed by atoms with Crippen LogP contribution in [0.3, 0.4) is 0 Å². The summed E-state index contributed by atoms with van der Waals surface area (Å²) in [6.07, 6.45) is 2.47. The molecule has 1 aliphatic carbocycles. The Labute approximate surface area is 89.6 Å². The predicted octanol–water partition coefficient (Wildman–Crippen LogP) is -0.649. The van der Waals surface area contributed by atoms with Crippen LogP contribution < -0.4 is 16.8 Å². The van der Waals surface area contributed by atoms with Gasteiger partial charge in [0.2, 0.25) is 11.8 Å². The van der Waals surface area contributed by atoms with E-state index in [4.69, 9.17) is 11.5 Å². The van der Waals surface area contributed by atoms with Gasteiger partial charge in [0.15, 0.2) is 0 Å². The topological polar surface area (TPSA) is 98.2 Å².